The van der Waals surface area contributed by atoms with Crippen LogP contribution in [0.15, 0.2) is 53.4 Å². The van der Waals surface area contributed by atoms with E-state index in [1.165, 1.54) is 24.8 Å². The van der Waals surface area contributed by atoms with E-state index in [1.54, 1.807) is 6.07 Å². The highest BCUT2D eigenvalue weighted by Crippen LogP contribution is 2.26. The van der Waals surface area contributed by atoms with Crippen LogP contribution in [-0.2, 0) is 16.4 Å². The summed E-state index contributed by atoms with van der Waals surface area (Å²) in [6.07, 6.45) is 1.03. The molecule has 0 saturated heterocycles. The molecule has 6 nitrogen and oxygen atoms in total. The van der Waals surface area contributed by atoms with E-state index in [9.17, 15) is 13.5 Å². The minimum Gasteiger partial charge on any atom is -0.495 e. The maximum absolute atomic E-state index is 11.7. The van der Waals surface area contributed by atoms with Gasteiger partial charge in [-0.15, -0.1) is 0 Å². The van der Waals surface area contributed by atoms with E-state index in [0.717, 1.165) is 12.8 Å². The van der Waals surface area contributed by atoms with Crippen molar-refractivity contribution in [3.8, 4) is 5.75 Å². The van der Waals surface area contributed by atoms with Gasteiger partial charge >= 0.3 is 0 Å². The quantitative estimate of drug-likeness (QED) is 0.619. The first kappa shape index (κ1) is 20.4. The van der Waals surface area contributed by atoms with E-state index in [0.29, 0.717) is 12.1 Å². The number of aryl methyl sites for hydroxylation is 1. The van der Waals surface area contributed by atoms with Crippen LogP contribution >= 0.6 is 0 Å². The van der Waals surface area contributed by atoms with Crippen molar-refractivity contribution in [1.29, 1.82) is 0 Å². The molecule has 2 aromatic rings. The van der Waals surface area contributed by atoms with Crippen molar-refractivity contribution in [3.63, 3.8) is 0 Å². The number of aliphatic hydroxyl groups is 1. The lowest BCUT2D eigenvalue weighted by Crippen LogP contribution is -2.31. The zero-order chi connectivity index (χ0) is 19.2. The fourth-order valence-electron chi connectivity index (χ4n) is 2.68. The lowest BCUT2D eigenvalue weighted by atomic mass is 10.1. The van der Waals surface area contributed by atoms with Crippen molar-refractivity contribution in [2.45, 2.75) is 36.8 Å². The summed E-state index contributed by atoms with van der Waals surface area (Å²) < 4.78 is 28.4. The molecular weight excluding hydrogens is 352 g/mol. The number of nitrogens with two attached hydrogens (primary N) is 1. The summed E-state index contributed by atoms with van der Waals surface area (Å²) in [5.41, 5.74) is 1.74. The van der Waals surface area contributed by atoms with Crippen molar-refractivity contribution in [1.82, 2.24) is 5.32 Å². The van der Waals surface area contributed by atoms with Crippen LogP contribution in [0.3, 0.4) is 0 Å². The van der Waals surface area contributed by atoms with Crippen LogP contribution < -0.4 is 15.2 Å². The summed E-state index contributed by atoms with van der Waals surface area (Å²) in [4.78, 5) is -0.131. The summed E-state index contributed by atoms with van der Waals surface area (Å²) in [7, 11) is -2.56. The number of benzene rings is 2. The van der Waals surface area contributed by atoms with Gasteiger partial charge in [0, 0.05) is 12.6 Å². The fraction of sp³-hybridized carbons (Fsp3) is 0.368. The van der Waals surface area contributed by atoms with Crippen molar-refractivity contribution in [2.24, 2.45) is 5.14 Å². The van der Waals surface area contributed by atoms with Crippen molar-refractivity contribution < 1.29 is 18.3 Å². The maximum Gasteiger partial charge on any atom is 0.241 e. The van der Waals surface area contributed by atoms with Crippen LogP contribution in [0.1, 0.15) is 30.6 Å². The SMILES string of the molecule is COc1ccc(C(O)CNC(C)CCc2ccccc2)cc1S(N)(=O)=O. The molecule has 0 saturated carbocycles. The average molecular weight is 378 g/mol. The summed E-state index contributed by atoms with van der Waals surface area (Å²) >= 11 is 0. The minimum atomic E-state index is -3.93. The largest absolute Gasteiger partial charge is 0.495 e. The third-order valence-corrected chi connectivity index (χ3v) is 5.18. The smallest absolute Gasteiger partial charge is 0.241 e. The molecule has 2 rings (SSSR count). The molecule has 0 fully saturated rings. The Kier molecular flexibility index (Phi) is 7.16. The fourth-order valence-corrected chi connectivity index (χ4v) is 3.42. The summed E-state index contributed by atoms with van der Waals surface area (Å²) in [5, 5.41) is 18.9. The number of hydrogen-bond acceptors (Lipinski definition) is 5. The van der Waals surface area contributed by atoms with Gasteiger partial charge in [0.1, 0.15) is 10.6 Å². The van der Waals surface area contributed by atoms with E-state index in [-0.39, 0.29) is 16.7 Å². The highest BCUT2D eigenvalue weighted by molar-refractivity contribution is 7.89. The lowest BCUT2D eigenvalue weighted by molar-refractivity contribution is 0.169. The van der Waals surface area contributed by atoms with Crippen LogP contribution in [0.4, 0.5) is 0 Å². The highest BCUT2D eigenvalue weighted by atomic mass is 32.2. The second kappa shape index (κ2) is 9.14. The van der Waals surface area contributed by atoms with E-state index in [4.69, 9.17) is 9.88 Å². The molecule has 142 valence electrons. The molecule has 0 amide bonds. The Morgan fingerprint density at radius 3 is 2.50 bits per heavy atom. The molecule has 2 atom stereocenters. The minimum absolute atomic E-state index is 0.131. The van der Waals surface area contributed by atoms with Gasteiger partial charge in [-0.05, 0) is 43.0 Å². The summed E-state index contributed by atoms with van der Waals surface area (Å²) in [6.45, 7) is 2.37. The van der Waals surface area contributed by atoms with Crippen LogP contribution in [0.25, 0.3) is 0 Å². The first-order chi connectivity index (χ1) is 12.3. The van der Waals surface area contributed by atoms with Crippen LogP contribution in [-0.4, -0.2) is 33.2 Å². The van der Waals surface area contributed by atoms with Gasteiger partial charge in [-0.1, -0.05) is 36.4 Å². The Bertz CT molecular complexity index is 810. The molecule has 0 aliphatic rings. The molecule has 0 aliphatic heterocycles. The van der Waals surface area contributed by atoms with Crippen molar-refractivity contribution in [3.05, 3.63) is 59.7 Å². The van der Waals surface area contributed by atoms with Crippen molar-refractivity contribution in [2.75, 3.05) is 13.7 Å². The van der Waals surface area contributed by atoms with Gasteiger partial charge in [0.25, 0.3) is 0 Å². The molecule has 4 N–H and O–H groups in total. The van der Waals surface area contributed by atoms with Gasteiger partial charge in [-0.2, -0.15) is 0 Å². The van der Waals surface area contributed by atoms with E-state index in [2.05, 4.69) is 24.4 Å². The number of ether oxygens (including phenoxy) is 1. The molecule has 0 aromatic heterocycles. The molecule has 26 heavy (non-hydrogen) atoms. The molecule has 0 bridgehead atoms. The zero-order valence-electron chi connectivity index (χ0n) is 15.1. The van der Waals surface area contributed by atoms with Crippen LogP contribution in [0, 0.1) is 0 Å². The van der Waals surface area contributed by atoms with E-state index in [1.807, 2.05) is 18.2 Å². The molecule has 7 heteroatoms. The Morgan fingerprint density at radius 2 is 1.88 bits per heavy atom. The Balaban J connectivity index is 1.94. The molecule has 2 aromatic carbocycles. The lowest BCUT2D eigenvalue weighted by Gasteiger charge is -2.18. The van der Waals surface area contributed by atoms with Gasteiger partial charge in [-0.25, -0.2) is 13.6 Å². The number of rotatable bonds is 9. The van der Waals surface area contributed by atoms with Crippen LogP contribution in [0.5, 0.6) is 5.75 Å². The standard InChI is InChI=1S/C19H26N2O4S/c1-14(8-9-15-6-4-3-5-7-15)21-13-17(22)16-10-11-18(25-2)19(12-16)26(20,23)24/h3-7,10-12,14,17,21-22H,8-9,13H2,1-2H3,(H2,20,23,24). The molecule has 2 unspecified atom stereocenters. The number of hydrogen-bond donors (Lipinski definition) is 3. The van der Waals surface area contributed by atoms with Gasteiger partial charge in [0.05, 0.1) is 13.2 Å². The average Bonchev–Trinajstić information content (AvgIpc) is 2.64. The Hall–Kier alpha value is -1.93. The maximum atomic E-state index is 11.7. The third kappa shape index (κ3) is 5.81. The summed E-state index contributed by atoms with van der Waals surface area (Å²) in [6, 6.07) is 14.9. The first-order valence-electron chi connectivity index (χ1n) is 8.47. The first-order valence-corrected chi connectivity index (χ1v) is 10.0. The zero-order valence-corrected chi connectivity index (χ0v) is 15.9. The molecule has 0 radical (unpaired) electrons. The van der Waals surface area contributed by atoms with E-state index >= 15 is 0 Å². The number of nitrogens with one attached hydrogen (secondary N) is 1. The second-order valence-electron chi connectivity index (χ2n) is 6.30. The monoisotopic (exact) mass is 378 g/mol. The van der Waals surface area contributed by atoms with Gasteiger partial charge in [0.2, 0.25) is 10.0 Å². The molecule has 0 spiro atoms. The molecule has 0 heterocycles. The van der Waals surface area contributed by atoms with Gasteiger partial charge in [0.15, 0.2) is 0 Å². The number of sulfonamides is 1. The number of methoxy groups -OCH3 is 1. The van der Waals surface area contributed by atoms with Gasteiger partial charge < -0.3 is 15.2 Å². The molecular formula is C19H26N2O4S. The van der Waals surface area contributed by atoms with Crippen LogP contribution in [0.2, 0.25) is 0 Å². The van der Waals surface area contributed by atoms with Crippen molar-refractivity contribution >= 4 is 10.0 Å². The predicted octanol–water partition coefficient (Wildman–Crippen LogP) is 1.99. The second-order valence-corrected chi connectivity index (χ2v) is 7.83. The predicted molar refractivity (Wildman–Crippen MR) is 102 cm³/mol. The number of primary sulfonamides is 1. The highest BCUT2D eigenvalue weighted by Gasteiger charge is 2.18. The number of aliphatic hydroxyl groups excluding tert-OH is 1. The normalized spacial score (nSPS) is 14.0. The Labute approximate surface area is 155 Å². The summed E-state index contributed by atoms with van der Waals surface area (Å²) in [5.74, 6) is 0.160. The third-order valence-electron chi connectivity index (χ3n) is 4.25. The molecule has 0 aliphatic carbocycles. The Morgan fingerprint density at radius 1 is 1.19 bits per heavy atom. The van der Waals surface area contributed by atoms with E-state index < -0.39 is 16.1 Å². The topological polar surface area (TPSA) is 102 Å². The van der Waals surface area contributed by atoms with Gasteiger partial charge in [-0.3, -0.25) is 0 Å².